The van der Waals surface area contributed by atoms with Crippen molar-refractivity contribution in [3.63, 3.8) is 0 Å². The first kappa shape index (κ1) is 13.6. The zero-order chi connectivity index (χ0) is 13.9. The summed E-state index contributed by atoms with van der Waals surface area (Å²) in [6.07, 6.45) is 4.64. The number of nitrogens with one attached hydrogen (secondary N) is 1. The molecule has 1 aliphatic carbocycles. The Labute approximate surface area is 123 Å². The Bertz CT molecular complexity index is 594. The number of thiazole rings is 1. The molecule has 20 heavy (non-hydrogen) atoms. The van der Waals surface area contributed by atoms with Crippen molar-refractivity contribution in [1.29, 1.82) is 0 Å². The number of phenolic OH excluding ortho intramolecular Hbond substituents is 1. The minimum Gasteiger partial charge on any atom is -0.508 e. The van der Waals surface area contributed by atoms with Crippen LogP contribution in [0.5, 0.6) is 5.75 Å². The first-order chi connectivity index (χ1) is 9.78. The average molecular weight is 288 g/mol. The summed E-state index contributed by atoms with van der Waals surface area (Å²) < 4.78 is 0. The van der Waals surface area contributed by atoms with Gasteiger partial charge in [0.1, 0.15) is 10.8 Å². The van der Waals surface area contributed by atoms with Crippen LogP contribution in [0.3, 0.4) is 0 Å². The molecule has 1 heterocycles. The van der Waals surface area contributed by atoms with E-state index in [1.54, 1.807) is 23.5 Å². The summed E-state index contributed by atoms with van der Waals surface area (Å²) in [5, 5.41) is 14.3. The molecule has 1 atom stereocenters. The maximum absolute atomic E-state index is 9.61. The summed E-state index contributed by atoms with van der Waals surface area (Å²) in [5.74, 6) is 0.302. The number of aromatic nitrogens is 1. The molecule has 1 aliphatic rings. The molecule has 0 fully saturated rings. The summed E-state index contributed by atoms with van der Waals surface area (Å²) in [6.45, 7) is 3.26. The van der Waals surface area contributed by atoms with Crippen LogP contribution in [-0.2, 0) is 6.42 Å². The minimum absolute atomic E-state index is 0.302. The summed E-state index contributed by atoms with van der Waals surface area (Å²) in [6, 6.07) is 7.83. The van der Waals surface area contributed by atoms with Crippen molar-refractivity contribution in [3.05, 3.63) is 34.8 Å². The van der Waals surface area contributed by atoms with Gasteiger partial charge in [-0.15, -0.1) is 11.3 Å². The maximum Gasteiger partial charge on any atom is 0.124 e. The lowest BCUT2D eigenvalue weighted by Crippen LogP contribution is -2.24. The van der Waals surface area contributed by atoms with Gasteiger partial charge in [0.25, 0.3) is 0 Å². The van der Waals surface area contributed by atoms with Crippen molar-refractivity contribution in [1.82, 2.24) is 10.3 Å². The normalized spacial score (nSPS) is 17.9. The number of rotatable bonds is 4. The van der Waals surface area contributed by atoms with E-state index in [4.69, 9.17) is 4.98 Å². The van der Waals surface area contributed by atoms with Gasteiger partial charge in [-0.05, 0) is 44.4 Å². The van der Waals surface area contributed by atoms with Crippen molar-refractivity contribution >= 4 is 11.3 Å². The fraction of sp³-hybridized carbons (Fsp3) is 0.438. The second kappa shape index (κ2) is 5.94. The number of nitrogens with zero attached hydrogens (tertiary/aromatic N) is 1. The summed E-state index contributed by atoms with van der Waals surface area (Å²) in [4.78, 5) is 6.18. The molecule has 0 radical (unpaired) electrons. The predicted octanol–water partition coefficient (Wildman–Crippen LogP) is 3.89. The molecule has 0 amide bonds. The highest BCUT2D eigenvalue weighted by Crippen LogP contribution is 2.38. The van der Waals surface area contributed by atoms with Crippen LogP contribution in [0.25, 0.3) is 10.6 Å². The predicted molar refractivity (Wildman–Crippen MR) is 83.2 cm³/mol. The van der Waals surface area contributed by atoms with Gasteiger partial charge in [-0.2, -0.15) is 0 Å². The molecule has 1 unspecified atom stereocenters. The van der Waals surface area contributed by atoms with E-state index in [-0.39, 0.29) is 0 Å². The van der Waals surface area contributed by atoms with E-state index in [2.05, 4.69) is 12.2 Å². The highest BCUT2D eigenvalue weighted by atomic mass is 32.1. The quantitative estimate of drug-likeness (QED) is 0.897. The highest BCUT2D eigenvalue weighted by Gasteiger charge is 2.24. The van der Waals surface area contributed by atoms with Gasteiger partial charge in [-0.3, -0.25) is 0 Å². The van der Waals surface area contributed by atoms with Gasteiger partial charge in [0.05, 0.1) is 5.69 Å². The van der Waals surface area contributed by atoms with Gasteiger partial charge < -0.3 is 10.4 Å². The Kier molecular flexibility index (Phi) is 4.03. The number of hydrogen-bond acceptors (Lipinski definition) is 4. The number of phenols is 1. The van der Waals surface area contributed by atoms with Crippen molar-refractivity contribution in [3.8, 4) is 16.3 Å². The molecule has 106 valence electrons. The zero-order valence-electron chi connectivity index (χ0n) is 11.7. The number of benzene rings is 1. The Morgan fingerprint density at radius 1 is 1.45 bits per heavy atom. The van der Waals surface area contributed by atoms with E-state index in [0.717, 1.165) is 30.0 Å². The molecular formula is C16H20N2OS. The number of hydrogen-bond donors (Lipinski definition) is 2. The molecule has 4 heteroatoms. The van der Waals surface area contributed by atoms with Gasteiger partial charge in [-0.1, -0.05) is 19.1 Å². The Hall–Kier alpha value is -1.39. The molecule has 0 aliphatic heterocycles. The molecule has 3 rings (SSSR count). The van der Waals surface area contributed by atoms with Crippen molar-refractivity contribution in [2.45, 2.75) is 38.6 Å². The van der Waals surface area contributed by atoms with Crippen LogP contribution in [-0.4, -0.2) is 16.6 Å². The average Bonchev–Trinajstić information content (AvgIpc) is 2.89. The van der Waals surface area contributed by atoms with Gasteiger partial charge in [-0.25, -0.2) is 4.98 Å². The maximum atomic E-state index is 9.61. The van der Waals surface area contributed by atoms with E-state index < -0.39 is 0 Å². The van der Waals surface area contributed by atoms with Crippen LogP contribution >= 0.6 is 11.3 Å². The van der Waals surface area contributed by atoms with Crippen LogP contribution in [0.4, 0.5) is 0 Å². The third kappa shape index (κ3) is 2.72. The Morgan fingerprint density at radius 2 is 2.35 bits per heavy atom. The molecule has 1 aromatic heterocycles. The summed E-state index contributed by atoms with van der Waals surface area (Å²) in [5.41, 5.74) is 2.26. The first-order valence-corrected chi connectivity index (χ1v) is 8.12. The topological polar surface area (TPSA) is 45.2 Å². The standard InChI is InChI=1S/C16H20N2OS/c1-2-9-17-13-7-4-8-14-15(13)20-16(18-14)11-5-3-6-12(19)10-11/h3,5-6,10,13,17,19H,2,4,7-9H2,1H3. The summed E-state index contributed by atoms with van der Waals surface area (Å²) >= 11 is 1.77. The molecule has 1 aromatic carbocycles. The molecular weight excluding hydrogens is 268 g/mol. The lowest BCUT2D eigenvalue weighted by Gasteiger charge is -2.22. The minimum atomic E-state index is 0.302. The molecule has 2 N–H and O–H groups in total. The van der Waals surface area contributed by atoms with Gasteiger partial charge in [0, 0.05) is 16.5 Å². The monoisotopic (exact) mass is 288 g/mol. The van der Waals surface area contributed by atoms with E-state index in [1.165, 1.54) is 23.4 Å². The van der Waals surface area contributed by atoms with Crippen LogP contribution < -0.4 is 5.32 Å². The van der Waals surface area contributed by atoms with Crippen molar-refractivity contribution in [2.24, 2.45) is 0 Å². The van der Waals surface area contributed by atoms with Crippen LogP contribution in [0, 0.1) is 0 Å². The molecule has 3 nitrogen and oxygen atoms in total. The SMILES string of the molecule is CCCNC1CCCc2nc(-c3cccc(O)c3)sc21. The fourth-order valence-electron chi connectivity index (χ4n) is 2.70. The molecule has 0 saturated carbocycles. The second-order valence-corrected chi connectivity index (χ2v) is 6.31. The lowest BCUT2D eigenvalue weighted by atomic mass is 9.98. The first-order valence-electron chi connectivity index (χ1n) is 7.30. The highest BCUT2D eigenvalue weighted by molar-refractivity contribution is 7.15. The number of aryl methyl sites for hydroxylation is 1. The molecule has 0 saturated heterocycles. The van der Waals surface area contributed by atoms with Crippen molar-refractivity contribution < 1.29 is 5.11 Å². The van der Waals surface area contributed by atoms with Gasteiger partial charge >= 0.3 is 0 Å². The number of aromatic hydroxyl groups is 1. The Balaban J connectivity index is 1.91. The fourth-order valence-corrected chi connectivity index (χ4v) is 3.91. The van der Waals surface area contributed by atoms with Crippen LogP contribution in [0.15, 0.2) is 24.3 Å². The smallest absolute Gasteiger partial charge is 0.124 e. The number of fused-ring (bicyclic) bond motifs is 1. The van der Waals surface area contributed by atoms with Crippen LogP contribution in [0.2, 0.25) is 0 Å². The summed E-state index contributed by atoms with van der Waals surface area (Å²) in [7, 11) is 0. The molecule has 0 spiro atoms. The lowest BCUT2D eigenvalue weighted by molar-refractivity contribution is 0.464. The van der Waals surface area contributed by atoms with Gasteiger partial charge in [0.2, 0.25) is 0 Å². The van der Waals surface area contributed by atoms with E-state index in [1.807, 2.05) is 12.1 Å². The third-order valence-electron chi connectivity index (χ3n) is 3.68. The molecule has 0 bridgehead atoms. The van der Waals surface area contributed by atoms with Gasteiger partial charge in [0.15, 0.2) is 0 Å². The van der Waals surface area contributed by atoms with E-state index in [0.29, 0.717) is 11.8 Å². The van der Waals surface area contributed by atoms with Crippen molar-refractivity contribution in [2.75, 3.05) is 6.54 Å². The van der Waals surface area contributed by atoms with E-state index in [9.17, 15) is 5.11 Å². The largest absolute Gasteiger partial charge is 0.508 e. The second-order valence-electron chi connectivity index (χ2n) is 5.28. The van der Waals surface area contributed by atoms with E-state index >= 15 is 0 Å². The molecule has 2 aromatic rings. The van der Waals surface area contributed by atoms with Crippen LogP contribution in [0.1, 0.15) is 42.8 Å². The Morgan fingerprint density at radius 3 is 3.15 bits per heavy atom. The third-order valence-corrected chi connectivity index (χ3v) is 4.94. The zero-order valence-corrected chi connectivity index (χ0v) is 12.5.